The molecular formula is C20H19FN4O3. The first-order chi connectivity index (χ1) is 13.5. The molecule has 144 valence electrons. The van der Waals surface area contributed by atoms with Gasteiger partial charge in [0.15, 0.2) is 11.5 Å². The molecule has 0 bridgehead atoms. The third-order valence-corrected chi connectivity index (χ3v) is 5.83. The van der Waals surface area contributed by atoms with Crippen LogP contribution in [0.25, 0.3) is 11.1 Å². The van der Waals surface area contributed by atoms with E-state index >= 15 is 0 Å². The van der Waals surface area contributed by atoms with Gasteiger partial charge >= 0.3 is 0 Å². The number of rotatable bonds is 1. The number of benzene rings is 1. The second kappa shape index (κ2) is 6.00. The van der Waals surface area contributed by atoms with Crippen LogP contribution in [0.5, 0.6) is 5.75 Å². The zero-order valence-electron chi connectivity index (χ0n) is 15.3. The van der Waals surface area contributed by atoms with E-state index in [-0.39, 0.29) is 23.9 Å². The van der Waals surface area contributed by atoms with Crippen molar-refractivity contribution in [3.8, 4) is 16.9 Å². The number of pyridine rings is 1. The van der Waals surface area contributed by atoms with Gasteiger partial charge in [0, 0.05) is 30.8 Å². The number of hydrogen-bond donors (Lipinski definition) is 1. The summed E-state index contributed by atoms with van der Waals surface area (Å²) in [5.41, 5.74) is 6.32. The van der Waals surface area contributed by atoms with Crippen LogP contribution in [0.3, 0.4) is 0 Å². The van der Waals surface area contributed by atoms with Crippen molar-refractivity contribution >= 4 is 11.9 Å². The molecule has 0 unspecified atom stereocenters. The molecule has 1 spiro atoms. The van der Waals surface area contributed by atoms with Crippen molar-refractivity contribution in [1.29, 1.82) is 0 Å². The zero-order valence-corrected chi connectivity index (χ0v) is 15.3. The second-order valence-electron chi connectivity index (χ2n) is 7.28. The summed E-state index contributed by atoms with van der Waals surface area (Å²) in [6.45, 7) is 0.904. The lowest BCUT2D eigenvalue weighted by Gasteiger charge is -2.45. The number of hydrogen-bond acceptors (Lipinski definition) is 6. The molecule has 2 N–H and O–H groups in total. The lowest BCUT2D eigenvalue weighted by molar-refractivity contribution is -0.141. The minimum Gasteiger partial charge on any atom is -0.489 e. The number of guanidine groups is 1. The molecule has 5 rings (SSSR count). The van der Waals surface area contributed by atoms with Crippen molar-refractivity contribution in [2.24, 2.45) is 16.6 Å². The number of carbonyl (C=O) groups excluding carboxylic acids is 1. The average Bonchev–Trinajstić information content (AvgIpc) is 2.93. The Morgan fingerprint density at radius 1 is 1.36 bits per heavy atom. The Hall–Kier alpha value is -3.00. The predicted molar refractivity (Wildman–Crippen MR) is 99.0 cm³/mol. The predicted octanol–water partition coefficient (Wildman–Crippen LogP) is 1.67. The van der Waals surface area contributed by atoms with E-state index in [1.54, 1.807) is 37.4 Å². The number of amides is 1. The lowest BCUT2D eigenvalue weighted by Crippen LogP contribution is -2.56. The molecule has 1 saturated heterocycles. The molecule has 3 atom stereocenters. The molecular weight excluding hydrogens is 363 g/mol. The largest absolute Gasteiger partial charge is 0.489 e. The van der Waals surface area contributed by atoms with Crippen molar-refractivity contribution in [2.45, 2.75) is 18.1 Å². The average molecular weight is 382 g/mol. The second-order valence-corrected chi connectivity index (χ2v) is 7.28. The summed E-state index contributed by atoms with van der Waals surface area (Å²) >= 11 is 0. The van der Waals surface area contributed by atoms with Gasteiger partial charge in [-0.2, -0.15) is 4.39 Å². The quantitative estimate of drug-likeness (QED) is 0.758. The fourth-order valence-electron chi connectivity index (χ4n) is 4.39. The molecule has 0 aliphatic carbocycles. The fraction of sp³-hybridized carbons (Fsp3) is 0.350. The number of aromatic nitrogens is 1. The SMILES string of the molecule is CN1C(=O)[C@@]2(N=C1N)c1cc(-c3cccnc3F)ccc1O[C@@H]1CCOC[C@H]12. The maximum Gasteiger partial charge on any atom is 0.262 e. The summed E-state index contributed by atoms with van der Waals surface area (Å²) in [6.07, 6.45) is 1.86. The van der Waals surface area contributed by atoms with E-state index in [0.717, 1.165) is 0 Å². The van der Waals surface area contributed by atoms with E-state index in [4.69, 9.17) is 15.2 Å². The first-order valence-corrected chi connectivity index (χ1v) is 9.15. The smallest absolute Gasteiger partial charge is 0.262 e. The number of halogens is 1. The molecule has 1 fully saturated rings. The highest BCUT2D eigenvalue weighted by Gasteiger charge is 2.60. The van der Waals surface area contributed by atoms with Crippen LogP contribution < -0.4 is 10.5 Å². The van der Waals surface area contributed by atoms with Crippen molar-refractivity contribution < 1.29 is 18.7 Å². The maximum absolute atomic E-state index is 14.3. The van der Waals surface area contributed by atoms with E-state index in [2.05, 4.69) is 9.98 Å². The first-order valence-electron chi connectivity index (χ1n) is 9.15. The van der Waals surface area contributed by atoms with Gasteiger partial charge in [0.05, 0.1) is 19.1 Å². The summed E-state index contributed by atoms with van der Waals surface area (Å²) in [5.74, 6) is -0.390. The summed E-state index contributed by atoms with van der Waals surface area (Å²) in [4.78, 5) is 23.1. The van der Waals surface area contributed by atoms with Gasteiger partial charge < -0.3 is 15.2 Å². The molecule has 1 aromatic heterocycles. The monoisotopic (exact) mass is 382 g/mol. The minimum absolute atomic E-state index is 0.153. The number of carbonyl (C=O) groups is 1. The van der Waals surface area contributed by atoms with Crippen LogP contribution >= 0.6 is 0 Å². The van der Waals surface area contributed by atoms with Crippen LogP contribution in [-0.4, -0.2) is 48.1 Å². The molecule has 2 aromatic rings. The number of likely N-dealkylation sites (N-methyl/N-ethyl adjacent to an activating group) is 1. The Morgan fingerprint density at radius 2 is 2.21 bits per heavy atom. The summed E-state index contributed by atoms with van der Waals surface area (Å²) < 4.78 is 26.1. The molecule has 0 radical (unpaired) electrons. The summed E-state index contributed by atoms with van der Waals surface area (Å²) in [5, 5.41) is 0. The van der Waals surface area contributed by atoms with E-state index in [1.165, 1.54) is 11.1 Å². The first kappa shape index (κ1) is 17.1. The number of fused-ring (bicyclic) bond motifs is 4. The fourth-order valence-corrected chi connectivity index (χ4v) is 4.39. The lowest BCUT2D eigenvalue weighted by atomic mass is 9.71. The van der Waals surface area contributed by atoms with Gasteiger partial charge in [-0.15, -0.1) is 0 Å². The molecule has 4 heterocycles. The van der Waals surface area contributed by atoms with Gasteiger partial charge in [-0.3, -0.25) is 9.69 Å². The van der Waals surface area contributed by atoms with Crippen LogP contribution in [-0.2, 0) is 15.1 Å². The van der Waals surface area contributed by atoms with Crippen LogP contribution in [0.15, 0.2) is 41.5 Å². The third-order valence-electron chi connectivity index (χ3n) is 5.83. The number of nitrogens with two attached hydrogens (primary N) is 1. The normalized spacial score (nSPS) is 28.6. The van der Waals surface area contributed by atoms with Crippen molar-refractivity contribution in [3.05, 3.63) is 48.0 Å². The Morgan fingerprint density at radius 3 is 2.96 bits per heavy atom. The Bertz CT molecular complexity index is 1010. The third kappa shape index (κ3) is 2.21. The summed E-state index contributed by atoms with van der Waals surface area (Å²) in [6, 6.07) is 8.60. The van der Waals surface area contributed by atoms with Gasteiger partial charge in [0.2, 0.25) is 5.95 Å². The maximum atomic E-state index is 14.3. The van der Waals surface area contributed by atoms with Crippen molar-refractivity contribution in [2.75, 3.05) is 20.3 Å². The van der Waals surface area contributed by atoms with Gasteiger partial charge in [0.25, 0.3) is 5.91 Å². The van der Waals surface area contributed by atoms with E-state index in [1.807, 2.05) is 0 Å². The Labute approximate surface area is 161 Å². The van der Waals surface area contributed by atoms with E-state index < -0.39 is 11.5 Å². The molecule has 7 nitrogen and oxygen atoms in total. The number of aliphatic imine (C=N–C) groups is 1. The van der Waals surface area contributed by atoms with E-state index in [9.17, 15) is 9.18 Å². The van der Waals surface area contributed by atoms with E-state index in [0.29, 0.717) is 42.1 Å². The number of ether oxygens (including phenoxy) is 2. The highest BCUT2D eigenvalue weighted by Crippen LogP contribution is 2.51. The van der Waals surface area contributed by atoms with Gasteiger partial charge in [-0.05, 0) is 29.8 Å². The Balaban J connectivity index is 1.74. The van der Waals surface area contributed by atoms with Gasteiger partial charge in [0.1, 0.15) is 11.9 Å². The molecule has 3 aliphatic heterocycles. The highest BCUT2D eigenvalue weighted by molar-refractivity contribution is 6.07. The molecule has 0 saturated carbocycles. The highest BCUT2D eigenvalue weighted by atomic mass is 19.1. The molecule has 8 heteroatoms. The van der Waals surface area contributed by atoms with Crippen molar-refractivity contribution in [3.63, 3.8) is 0 Å². The van der Waals surface area contributed by atoms with Gasteiger partial charge in [-0.25, -0.2) is 9.98 Å². The molecule has 3 aliphatic rings. The molecule has 1 aromatic carbocycles. The number of nitrogens with zero attached hydrogens (tertiary/aromatic N) is 3. The molecule has 28 heavy (non-hydrogen) atoms. The minimum atomic E-state index is -1.23. The van der Waals surface area contributed by atoms with Crippen LogP contribution in [0, 0.1) is 11.9 Å². The zero-order chi connectivity index (χ0) is 19.5. The van der Waals surface area contributed by atoms with Crippen LogP contribution in [0.4, 0.5) is 4.39 Å². The van der Waals surface area contributed by atoms with Crippen LogP contribution in [0.2, 0.25) is 0 Å². The van der Waals surface area contributed by atoms with Crippen molar-refractivity contribution in [1.82, 2.24) is 9.88 Å². The van der Waals surface area contributed by atoms with Crippen LogP contribution in [0.1, 0.15) is 12.0 Å². The Kier molecular flexibility index (Phi) is 3.67. The molecule has 1 amide bonds. The van der Waals surface area contributed by atoms with Gasteiger partial charge in [-0.1, -0.05) is 6.07 Å². The summed E-state index contributed by atoms with van der Waals surface area (Å²) in [7, 11) is 1.61. The standard InChI is InChI=1S/C20H19FN4O3/c1-25-18(26)20(24-19(25)22)13-9-11(12-3-2-7-23-17(12)21)4-5-15(13)28-16-6-8-27-10-14(16)20/h2-5,7,9,14,16H,6,8,10H2,1H3,(H2,22,24)/t14-,16-,20-/m1/s1. The topological polar surface area (TPSA) is 90.0 Å².